The molecular formula is C9H14FNO2. The molecule has 0 spiro atoms. The maximum atomic E-state index is 13.2. The van der Waals surface area contributed by atoms with Crippen molar-refractivity contribution in [3.63, 3.8) is 0 Å². The summed E-state index contributed by atoms with van der Waals surface area (Å²) in [7, 11) is 0. The number of ether oxygens (including phenoxy) is 1. The molecule has 1 saturated heterocycles. The fourth-order valence-electron chi connectivity index (χ4n) is 1.12. The predicted molar refractivity (Wildman–Crippen MR) is 46.9 cm³/mol. The van der Waals surface area contributed by atoms with E-state index in [1.54, 1.807) is 13.8 Å². The van der Waals surface area contributed by atoms with Gasteiger partial charge in [-0.15, -0.1) is 0 Å². The first-order chi connectivity index (χ1) is 6.13. The van der Waals surface area contributed by atoms with E-state index in [0.717, 1.165) is 0 Å². The minimum absolute atomic E-state index is 0.427. The van der Waals surface area contributed by atoms with Gasteiger partial charge >= 0.3 is 0 Å². The zero-order valence-corrected chi connectivity index (χ0v) is 7.97. The number of rotatable bonds is 1. The van der Waals surface area contributed by atoms with Gasteiger partial charge in [0.25, 0.3) is 5.91 Å². The summed E-state index contributed by atoms with van der Waals surface area (Å²) < 4.78 is 18.2. The average Bonchev–Trinajstić information content (AvgIpc) is 2.17. The minimum atomic E-state index is -0.637. The van der Waals surface area contributed by atoms with E-state index in [0.29, 0.717) is 31.9 Å². The van der Waals surface area contributed by atoms with Crippen molar-refractivity contribution in [2.75, 3.05) is 26.3 Å². The topological polar surface area (TPSA) is 29.5 Å². The van der Waals surface area contributed by atoms with E-state index in [2.05, 4.69) is 0 Å². The Labute approximate surface area is 77.2 Å². The lowest BCUT2D eigenvalue weighted by atomic mass is 10.2. The van der Waals surface area contributed by atoms with Crippen LogP contribution in [0.15, 0.2) is 11.4 Å². The number of morpholine rings is 1. The molecule has 0 unspecified atom stereocenters. The normalized spacial score (nSPS) is 17.0. The van der Waals surface area contributed by atoms with Gasteiger partial charge in [0.1, 0.15) is 0 Å². The van der Waals surface area contributed by atoms with Crippen LogP contribution in [-0.2, 0) is 9.53 Å². The molecule has 4 heteroatoms. The number of nitrogens with zero attached hydrogens (tertiary/aromatic N) is 1. The van der Waals surface area contributed by atoms with E-state index < -0.39 is 11.7 Å². The lowest BCUT2D eigenvalue weighted by Gasteiger charge is -2.26. The first-order valence-electron chi connectivity index (χ1n) is 4.33. The van der Waals surface area contributed by atoms with Gasteiger partial charge in [0.2, 0.25) is 0 Å². The predicted octanol–water partition coefficient (Wildman–Crippen LogP) is 1.11. The Balaban J connectivity index is 2.61. The monoisotopic (exact) mass is 187 g/mol. The Bertz CT molecular complexity index is 228. The molecule has 74 valence electrons. The van der Waals surface area contributed by atoms with Gasteiger partial charge in [-0.2, -0.15) is 0 Å². The molecule has 0 aromatic rings. The molecule has 0 aliphatic carbocycles. The molecule has 0 saturated carbocycles. The molecule has 13 heavy (non-hydrogen) atoms. The molecule has 1 rings (SSSR count). The van der Waals surface area contributed by atoms with Crippen molar-refractivity contribution in [3.05, 3.63) is 11.4 Å². The smallest absolute Gasteiger partial charge is 0.282 e. The van der Waals surface area contributed by atoms with E-state index in [1.165, 1.54) is 4.90 Å². The van der Waals surface area contributed by atoms with Crippen LogP contribution in [0.2, 0.25) is 0 Å². The quantitative estimate of drug-likeness (QED) is 0.575. The molecule has 0 atom stereocenters. The van der Waals surface area contributed by atoms with Crippen molar-refractivity contribution in [2.45, 2.75) is 13.8 Å². The number of allylic oxidation sites excluding steroid dienone is 1. The number of hydrogen-bond acceptors (Lipinski definition) is 2. The van der Waals surface area contributed by atoms with Crippen LogP contribution in [0.3, 0.4) is 0 Å². The van der Waals surface area contributed by atoms with Crippen LogP contribution < -0.4 is 0 Å². The molecule has 1 aliphatic heterocycles. The largest absolute Gasteiger partial charge is 0.378 e. The van der Waals surface area contributed by atoms with Crippen molar-refractivity contribution in [1.82, 2.24) is 4.90 Å². The van der Waals surface area contributed by atoms with Crippen LogP contribution in [0.25, 0.3) is 0 Å². The van der Waals surface area contributed by atoms with Crippen molar-refractivity contribution in [2.24, 2.45) is 0 Å². The molecule has 1 amide bonds. The first kappa shape index (κ1) is 10.2. The number of hydrogen-bond donors (Lipinski definition) is 0. The molecule has 1 heterocycles. The molecule has 3 nitrogen and oxygen atoms in total. The zero-order chi connectivity index (χ0) is 9.84. The van der Waals surface area contributed by atoms with Crippen LogP contribution in [-0.4, -0.2) is 37.1 Å². The summed E-state index contributed by atoms with van der Waals surface area (Å²) in [5, 5.41) is 0. The molecular weight excluding hydrogens is 173 g/mol. The second-order valence-corrected chi connectivity index (χ2v) is 3.22. The molecule has 1 aliphatic rings. The molecule has 0 aromatic carbocycles. The van der Waals surface area contributed by atoms with Gasteiger partial charge in [0, 0.05) is 13.1 Å². The van der Waals surface area contributed by atoms with Crippen LogP contribution in [0.4, 0.5) is 4.39 Å². The van der Waals surface area contributed by atoms with Gasteiger partial charge < -0.3 is 9.64 Å². The molecule has 0 radical (unpaired) electrons. The number of carbonyl (C=O) groups excluding carboxylic acids is 1. The van der Waals surface area contributed by atoms with Gasteiger partial charge in [0.05, 0.1) is 13.2 Å². The Kier molecular flexibility index (Phi) is 3.42. The number of carbonyl (C=O) groups is 1. The second-order valence-electron chi connectivity index (χ2n) is 3.22. The summed E-state index contributed by atoms with van der Waals surface area (Å²) in [6.45, 7) is 5.16. The summed E-state index contributed by atoms with van der Waals surface area (Å²) in [6.07, 6.45) is 0. The minimum Gasteiger partial charge on any atom is -0.378 e. The van der Waals surface area contributed by atoms with Gasteiger partial charge in [-0.1, -0.05) is 0 Å². The van der Waals surface area contributed by atoms with E-state index >= 15 is 0 Å². The third-order valence-corrected chi connectivity index (χ3v) is 1.93. The van der Waals surface area contributed by atoms with E-state index in [9.17, 15) is 9.18 Å². The maximum absolute atomic E-state index is 13.2. The van der Waals surface area contributed by atoms with Gasteiger partial charge in [-0.05, 0) is 19.4 Å². The summed E-state index contributed by atoms with van der Waals surface area (Å²) in [5.74, 6) is -1.15. The fraction of sp³-hybridized carbons (Fsp3) is 0.667. The lowest BCUT2D eigenvalue weighted by molar-refractivity contribution is -0.132. The van der Waals surface area contributed by atoms with Crippen molar-refractivity contribution in [3.8, 4) is 0 Å². The SMILES string of the molecule is CC(C)=C(F)C(=O)N1CCOCC1. The highest BCUT2D eigenvalue weighted by atomic mass is 19.1. The van der Waals surface area contributed by atoms with Crippen LogP contribution in [0.5, 0.6) is 0 Å². The molecule has 0 N–H and O–H groups in total. The Morgan fingerprint density at radius 2 is 1.85 bits per heavy atom. The van der Waals surface area contributed by atoms with Crippen molar-refractivity contribution >= 4 is 5.91 Å². The van der Waals surface area contributed by atoms with E-state index in [4.69, 9.17) is 4.74 Å². The third-order valence-electron chi connectivity index (χ3n) is 1.93. The van der Waals surface area contributed by atoms with Crippen molar-refractivity contribution < 1.29 is 13.9 Å². The third kappa shape index (κ3) is 2.52. The molecule has 0 bridgehead atoms. The number of amides is 1. The number of halogens is 1. The molecule has 1 fully saturated rings. The fourth-order valence-corrected chi connectivity index (χ4v) is 1.12. The summed E-state index contributed by atoms with van der Waals surface area (Å²) in [4.78, 5) is 12.9. The van der Waals surface area contributed by atoms with Gasteiger partial charge in [0.15, 0.2) is 5.83 Å². The summed E-state index contributed by atoms with van der Waals surface area (Å²) in [5.41, 5.74) is 0.427. The van der Waals surface area contributed by atoms with Crippen LogP contribution in [0, 0.1) is 0 Å². The van der Waals surface area contributed by atoms with E-state index in [-0.39, 0.29) is 0 Å². The highest BCUT2D eigenvalue weighted by Crippen LogP contribution is 2.10. The average molecular weight is 187 g/mol. The summed E-state index contributed by atoms with van der Waals surface area (Å²) >= 11 is 0. The van der Waals surface area contributed by atoms with Crippen LogP contribution >= 0.6 is 0 Å². The zero-order valence-electron chi connectivity index (χ0n) is 7.97. The van der Waals surface area contributed by atoms with Crippen LogP contribution in [0.1, 0.15) is 13.8 Å². The molecule has 0 aromatic heterocycles. The first-order valence-corrected chi connectivity index (χ1v) is 4.33. The summed E-state index contributed by atoms with van der Waals surface area (Å²) in [6, 6.07) is 0. The van der Waals surface area contributed by atoms with Gasteiger partial charge in [-0.3, -0.25) is 4.79 Å². The van der Waals surface area contributed by atoms with Crippen molar-refractivity contribution in [1.29, 1.82) is 0 Å². The maximum Gasteiger partial charge on any atom is 0.282 e. The standard InChI is InChI=1S/C9H14FNO2/c1-7(2)8(10)9(12)11-3-5-13-6-4-11/h3-6H2,1-2H3. The lowest BCUT2D eigenvalue weighted by Crippen LogP contribution is -2.41. The van der Waals surface area contributed by atoms with E-state index in [1.807, 2.05) is 0 Å². The second kappa shape index (κ2) is 4.37. The Hall–Kier alpha value is -0.900. The Morgan fingerprint density at radius 1 is 1.31 bits per heavy atom. The van der Waals surface area contributed by atoms with Gasteiger partial charge in [-0.25, -0.2) is 4.39 Å². The Morgan fingerprint density at radius 3 is 2.31 bits per heavy atom. The highest BCUT2D eigenvalue weighted by molar-refractivity contribution is 5.91. The highest BCUT2D eigenvalue weighted by Gasteiger charge is 2.21.